The van der Waals surface area contributed by atoms with Crippen LogP contribution in [-0.4, -0.2) is 23.8 Å². The molecule has 2 rings (SSSR count). The molecule has 1 atom stereocenters. The maximum Gasteiger partial charge on any atom is 0.260 e. The predicted molar refractivity (Wildman–Crippen MR) is 99.8 cm³/mol. The summed E-state index contributed by atoms with van der Waals surface area (Å²) < 4.78 is 0. The van der Waals surface area contributed by atoms with Crippen molar-refractivity contribution in [3.05, 3.63) is 69.7 Å². The van der Waals surface area contributed by atoms with E-state index < -0.39 is 23.8 Å². The van der Waals surface area contributed by atoms with Gasteiger partial charge in [-0.05, 0) is 48.9 Å². The van der Waals surface area contributed by atoms with E-state index in [1.165, 1.54) is 6.92 Å². The second-order valence-corrected chi connectivity index (χ2v) is 6.42. The number of rotatable bonds is 5. The molecule has 0 bridgehead atoms. The van der Waals surface area contributed by atoms with Crippen molar-refractivity contribution in [2.75, 3.05) is 0 Å². The van der Waals surface area contributed by atoms with Crippen LogP contribution < -0.4 is 16.2 Å². The zero-order chi connectivity index (χ0) is 19.1. The highest BCUT2D eigenvalue weighted by Crippen LogP contribution is 2.10. The molecule has 0 radical (unpaired) electrons. The second-order valence-electron chi connectivity index (χ2n) is 5.54. The third-order valence-electron chi connectivity index (χ3n) is 3.45. The van der Waals surface area contributed by atoms with Crippen LogP contribution in [0.3, 0.4) is 0 Å². The van der Waals surface area contributed by atoms with Crippen molar-refractivity contribution < 1.29 is 14.4 Å². The van der Waals surface area contributed by atoms with Crippen LogP contribution in [0.25, 0.3) is 0 Å². The Labute approximate surface area is 160 Å². The fourth-order valence-corrected chi connectivity index (χ4v) is 2.27. The highest BCUT2D eigenvalue weighted by atomic mass is 35.5. The van der Waals surface area contributed by atoms with E-state index in [1.807, 2.05) is 0 Å². The number of benzene rings is 2. The first-order valence-electron chi connectivity index (χ1n) is 7.74. The molecule has 26 heavy (non-hydrogen) atoms. The third-order valence-corrected chi connectivity index (χ3v) is 3.95. The summed E-state index contributed by atoms with van der Waals surface area (Å²) in [5.74, 6) is -1.36. The van der Waals surface area contributed by atoms with Gasteiger partial charge in [0, 0.05) is 15.6 Å². The summed E-state index contributed by atoms with van der Waals surface area (Å²) in [4.78, 5) is 35.9. The van der Waals surface area contributed by atoms with Crippen LogP contribution in [0.2, 0.25) is 10.0 Å². The van der Waals surface area contributed by atoms with Crippen LogP contribution in [-0.2, 0) is 16.0 Å². The molecular weight excluding hydrogens is 377 g/mol. The Morgan fingerprint density at radius 2 is 1.42 bits per heavy atom. The van der Waals surface area contributed by atoms with E-state index in [0.717, 1.165) is 5.56 Å². The molecule has 0 aliphatic rings. The normalized spacial score (nSPS) is 11.3. The van der Waals surface area contributed by atoms with Crippen molar-refractivity contribution in [1.82, 2.24) is 16.2 Å². The standard InChI is InChI=1S/C18H17Cl2N3O3/c1-11(21-18(26)13-4-8-15(20)9-5-13)17(25)23-22-16(24)10-12-2-6-14(19)7-3-12/h2-9,11H,10H2,1H3,(H,21,26)(H,22,24)(H,23,25). The lowest BCUT2D eigenvalue weighted by Gasteiger charge is -2.14. The minimum atomic E-state index is -0.839. The van der Waals surface area contributed by atoms with Crippen molar-refractivity contribution in [2.24, 2.45) is 0 Å². The second kappa shape index (κ2) is 9.22. The van der Waals surface area contributed by atoms with Crippen molar-refractivity contribution in [2.45, 2.75) is 19.4 Å². The van der Waals surface area contributed by atoms with Gasteiger partial charge >= 0.3 is 0 Å². The molecule has 0 aliphatic carbocycles. The largest absolute Gasteiger partial charge is 0.340 e. The molecule has 2 aromatic carbocycles. The topological polar surface area (TPSA) is 87.3 Å². The van der Waals surface area contributed by atoms with E-state index in [1.54, 1.807) is 48.5 Å². The van der Waals surface area contributed by atoms with Gasteiger partial charge < -0.3 is 5.32 Å². The average molecular weight is 394 g/mol. The van der Waals surface area contributed by atoms with Crippen LogP contribution in [0.15, 0.2) is 48.5 Å². The number of halogens is 2. The zero-order valence-corrected chi connectivity index (χ0v) is 15.4. The number of hydrogen-bond acceptors (Lipinski definition) is 3. The Bertz CT molecular complexity index is 792. The first-order chi connectivity index (χ1) is 12.3. The Hall–Kier alpha value is -2.57. The number of hydrogen-bond donors (Lipinski definition) is 3. The van der Waals surface area contributed by atoms with Crippen molar-refractivity contribution in [3.8, 4) is 0 Å². The fraction of sp³-hybridized carbons (Fsp3) is 0.167. The van der Waals surface area contributed by atoms with Gasteiger partial charge in [-0.25, -0.2) is 0 Å². The maximum absolute atomic E-state index is 12.0. The number of nitrogens with one attached hydrogen (secondary N) is 3. The summed E-state index contributed by atoms with van der Waals surface area (Å²) in [6.07, 6.45) is 0.0863. The van der Waals surface area contributed by atoms with Gasteiger partial charge in [-0.1, -0.05) is 35.3 Å². The molecule has 1 unspecified atom stereocenters. The lowest BCUT2D eigenvalue weighted by atomic mass is 10.1. The van der Waals surface area contributed by atoms with Crippen molar-refractivity contribution in [3.63, 3.8) is 0 Å². The Morgan fingerprint density at radius 3 is 2.00 bits per heavy atom. The molecule has 0 aromatic heterocycles. The third kappa shape index (κ3) is 6.06. The van der Waals surface area contributed by atoms with Gasteiger partial charge in [-0.15, -0.1) is 0 Å². The van der Waals surface area contributed by atoms with Gasteiger partial charge in [0.1, 0.15) is 6.04 Å². The molecule has 0 saturated heterocycles. The van der Waals surface area contributed by atoms with E-state index in [2.05, 4.69) is 16.2 Å². The molecule has 2 aromatic rings. The minimum Gasteiger partial charge on any atom is -0.340 e. The smallest absolute Gasteiger partial charge is 0.260 e. The molecule has 136 valence electrons. The zero-order valence-electron chi connectivity index (χ0n) is 13.9. The monoisotopic (exact) mass is 393 g/mol. The first kappa shape index (κ1) is 19.8. The molecule has 0 spiro atoms. The fourth-order valence-electron chi connectivity index (χ4n) is 2.02. The van der Waals surface area contributed by atoms with Crippen LogP contribution >= 0.6 is 23.2 Å². The Kier molecular flexibility index (Phi) is 7.00. The number of amides is 3. The molecular formula is C18H17Cl2N3O3. The Morgan fingerprint density at radius 1 is 0.885 bits per heavy atom. The highest BCUT2D eigenvalue weighted by molar-refractivity contribution is 6.30. The van der Waals surface area contributed by atoms with E-state index in [4.69, 9.17) is 23.2 Å². The Balaban J connectivity index is 1.79. The molecule has 0 fully saturated rings. The average Bonchev–Trinajstić information content (AvgIpc) is 2.62. The minimum absolute atomic E-state index is 0.0863. The summed E-state index contributed by atoms with van der Waals surface area (Å²) in [5, 5.41) is 3.62. The summed E-state index contributed by atoms with van der Waals surface area (Å²) in [6.45, 7) is 1.51. The lowest BCUT2D eigenvalue weighted by Crippen LogP contribution is -2.51. The summed E-state index contributed by atoms with van der Waals surface area (Å²) in [6, 6.07) is 12.2. The van der Waals surface area contributed by atoms with Crippen LogP contribution in [0, 0.1) is 0 Å². The van der Waals surface area contributed by atoms with E-state index in [9.17, 15) is 14.4 Å². The number of carbonyl (C=O) groups is 3. The van der Waals surface area contributed by atoms with Gasteiger partial charge in [0.05, 0.1) is 6.42 Å². The molecule has 3 N–H and O–H groups in total. The van der Waals surface area contributed by atoms with Gasteiger partial charge in [0.25, 0.3) is 11.8 Å². The molecule has 0 heterocycles. The van der Waals surface area contributed by atoms with E-state index in [-0.39, 0.29) is 6.42 Å². The molecule has 0 saturated carbocycles. The number of carbonyl (C=O) groups excluding carboxylic acids is 3. The van der Waals surface area contributed by atoms with E-state index >= 15 is 0 Å². The SMILES string of the molecule is CC(NC(=O)c1ccc(Cl)cc1)C(=O)NNC(=O)Cc1ccc(Cl)cc1. The first-order valence-corrected chi connectivity index (χ1v) is 8.50. The van der Waals surface area contributed by atoms with Gasteiger partial charge in [0.15, 0.2) is 0 Å². The maximum atomic E-state index is 12.0. The van der Waals surface area contributed by atoms with Gasteiger partial charge in [-0.3, -0.25) is 25.2 Å². The van der Waals surface area contributed by atoms with E-state index in [0.29, 0.717) is 15.6 Å². The quantitative estimate of drug-likeness (QED) is 0.681. The predicted octanol–water partition coefficient (Wildman–Crippen LogP) is 2.50. The highest BCUT2D eigenvalue weighted by Gasteiger charge is 2.17. The number of hydrazine groups is 1. The van der Waals surface area contributed by atoms with Gasteiger partial charge in [0.2, 0.25) is 5.91 Å². The van der Waals surface area contributed by atoms with Crippen molar-refractivity contribution >= 4 is 40.9 Å². The van der Waals surface area contributed by atoms with Crippen molar-refractivity contribution in [1.29, 1.82) is 0 Å². The molecule has 0 aliphatic heterocycles. The summed E-state index contributed by atoms with van der Waals surface area (Å²) >= 11 is 11.5. The lowest BCUT2D eigenvalue weighted by molar-refractivity contribution is -0.129. The van der Waals surface area contributed by atoms with Gasteiger partial charge in [-0.2, -0.15) is 0 Å². The molecule has 6 nitrogen and oxygen atoms in total. The van der Waals surface area contributed by atoms with Crippen LogP contribution in [0.5, 0.6) is 0 Å². The summed E-state index contributed by atoms with van der Waals surface area (Å²) in [5.41, 5.74) is 5.72. The molecule has 8 heteroatoms. The molecule has 3 amide bonds. The van der Waals surface area contributed by atoms with Crippen LogP contribution in [0.4, 0.5) is 0 Å². The van der Waals surface area contributed by atoms with Crippen LogP contribution in [0.1, 0.15) is 22.8 Å². The summed E-state index contributed by atoms with van der Waals surface area (Å²) in [7, 11) is 0.